The molecule has 0 spiro atoms. The van der Waals surface area contributed by atoms with Gasteiger partial charge in [-0.3, -0.25) is 0 Å². The zero-order chi connectivity index (χ0) is 16.6. The minimum absolute atomic E-state index is 0.0476. The lowest BCUT2D eigenvalue weighted by Crippen LogP contribution is -2.43. The Kier molecular flexibility index (Phi) is 5.88. The summed E-state index contributed by atoms with van der Waals surface area (Å²) in [5.74, 6) is 1.42. The maximum atomic E-state index is 6.34. The van der Waals surface area contributed by atoms with E-state index in [0.717, 1.165) is 18.7 Å². The maximum Gasteiger partial charge on any atom is 0.162 e. The number of para-hydroxylation sites is 2. The van der Waals surface area contributed by atoms with Crippen LogP contribution in [0.5, 0.6) is 11.5 Å². The largest absolute Gasteiger partial charge is 0.486 e. The second-order valence-corrected chi connectivity index (χ2v) is 5.61. The number of nitrogens with one attached hydrogen (secondary N) is 1. The van der Waals surface area contributed by atoms with Crippen molar-refractivity contribution in [1.82, 2.24) is 5.32 Å². The van der Waals surface area contributed by atoms with E-state index in [1.165, 1.54) is 0 Å². The Labute approximate surface area is 143 Å². The van der Waals surface area contributed by atoms with Gasteiger partial charge in [-0.25, -0.2) is 0 Å². The van der Waals surface area contributed by atoms with E-state index in [9.17, 15) is 0 Å². The lowest BCUT2D eigenvalue weighted by Gasteiger charge is -2.32. The minimum Gasteiger partial charge on any atom is -0.486 e. The van der Waals surface area contributed by atoms with Crippen molar-refractivity contribution in [3.8, 4) is 11.5 Å². The topological polar surface area (TPSA) is 39.7 Å². The standard InChI is InChI=1S/C20H23NO3/c1-2-13-22-17-10-6-7-11-18(17)24-20(16-8-4-3-5-9-16)19-15-21-12-14-23-19/h2-11,19-21H,1,12-15H2. The highest BCUT2D eigenvalue weighted by molar-refractivity contribution is 5.40. The molecule has 4 heteroatoms. The highest BCUT2D eigenvalue weighted by Gasteiger charge is 2.28. The second-order valence-electron chi connectivity index (χ2n) is 5.61. The van der Waals surface area contributed by atoms with Crippen molar-refractivity contribution in [1.29, 1.82) is 0 Å². The zero-order valence-electron chi connectivity index (χ0n) is 13.7. The van der Waals surface area contributed by atoms with Crippen molar-refractivity contribution in [2.24, 2.45) is 0 Å². The fraction of sp³-hybridized carbons (Fsp3) is 0.300. The Hall–Kier alpha value is -2.30. The molecule has 2 aromatic carbocycles. The monoisotopic (exact) mass is 325 g/mol. The normalized spacial score (nSPS) is 18.6. The van der Waals surface area contributed by atoms with Gasteiger partial charge in [-0.2, -0.15) is 0 Å². The third-order valence-electron chi connectivity index (χ3n) is 3.88. The molecule has 4 nitrogen and oxygen atoms in total. The van der Waals surface area contributed by atoms with Crippen LogP contribution >= 0.6 is 0 Å². The quantitative estimate of drug-likeness (QED) is 0.793. The third kappa shape index (κ3) is 4.16. The molecule has 0 aliphatic carbocycles. The first kappa shape index (κ1) is 16.6. The van der Waals surface area contributed by atoms with E-state index in [1.807, 2.05) is 42.5 Å². The molecule has 1 saturated heterocycles. The summed E-state index contributed by atoms with van der Waals surface area (Å²) in [6.45, 7) is 6.45. The van der Waals surface area contributed by atoms with Crippen molar-refractivity contribution in [3.63, 3.8) is 0 Å². The number of morpholine rings is 1. The minimum atomic E-state index is -0.201. The molecule has 1 heterocycles. The summed E-state index contributed by atoms with van der Waals surface area (Å²) in [7, 11) is 0. The fourth-order valence-electron chi connectivity index (χ4n) is 2.73. The molecule has 1 aliphatic rings. The molecular weight excluding hydrogens is 302 g/mol. The van der Waals surface area contributed by atoms with Crippen LogP contribution in [0.4, 0.5) is 0 Å². The van der Waals surface area contributed by atoms with E-state index in [4.69, 9.17) is 14.2 Å². The van der Waals surface area contributed by atoms with E-state index in [1.54, 1.807) is 6.08 Å². The van der Waals surface area contributed by atoms with Crippen LogP contribution in [0.1, 0.15) is 11.7 Å². The van der Waals surface area contributed by atoms with Crippen molar-refractivity contribution >= 4 is 0 Å². The summed E-state index contributed by atoms with van der Waals surface area (Å²) in [5, 5.41) is 3.37. The van der Waals surface area contributed by atoms with Gasteiger partial charge in [0.05, 0.1) is 6.61 Å². The first-order valence-electron chi connectivity index (χ1n) is 8.25. The maximum absolute atomic E-state index is 6.34. The molecule has 24 heavy (non-hydrogen) atoms. The first-order chi connectivity index (χ1) is 11.9. The summed E-state index contributed by atoms with van der Waals surface area (Å²) < 4.78 is 18.0. The van der Waals surface area contributed by atoms with E-state index in [-0.39, 0.29) is 12.2 Å². The van der Waals surface area contributed by atoms with Crippen LogP contribution in [-0.4, -0.2) is 32.4 Å². The molecule has 2 atom stereocenters. The Bertz CT molecular complexity index is 638. The van der Waals surface area contributed by atoms with Crippen LogP contribution < -0.4 is 14.8 Å². The third-order valence-corrected chi connectivity index (χ3v) is 3.88. The lowest BCUT2D eigenvalue weighted by molar-refractivity contribution is -0.0439. The molecule has 0 bridgehead atoms. The summed E-state index contributed by atoms with van der Waals surface area (Å²) in [6, 6.07) is 17.9. The second kappa shape index (κ2) is 8.52. The predicted molar refractivity (Wildman–Crippen MR) is 94.6 cm³/mol. The molecule has 0 aromatic heterocycles. The smallest absolute Gasteiger partial charge is 0.162 e. The van der Waals surface area contributed by atoms with Gasteiger partial charge in [0, 0.05) is 13.1 Å². The van der Waals surface area contributed by atoms with Crippen LogP contribution in [0.25, 0.3) is 0 Å². The SMILES string of the molecule is C=CCOc1ccccc1OC(c1ccccc1)C1CNCCO1. The molecule has 126 valence electrons. The van der Waals surface area contributed by atoms with E-state index < -0.39 is 0 Å². The van der Waals surface area contributed by atoms with Gasteiger partial charge >= 0.3 is 0 Å². The number of benzene rings is 2. The van der Waals surface area contributed by atoms with Crippen LogP contribution in [0.15, 0.2) is 67.3 Å². The summed E-state index contributed by atoms with van der Waals surface area (Å²) in [4.78, 5) is 0. The Balaban J connectivity index is 1.85. The van der Waals surface area contributed by atoms with Crippen LogP contribution in [0.3, 0.4) is 0 Å². The average Bonchev–Trinajstić information content (AvgIpc) is 2.66. The molecule has 2 unspecified atom stereocenters. The summed E-state index contributed by atoms with van der Waals surface area (Å²) >= 11 is 0. The van der Waals surface area contributed by atoms with Crippen molar-refractivity contribution in [3.05, 3.63) is 72.8 Å². The molecule has 1 N–H and O–H groups in total. The van der Waals surface area contributed by atoms with Crippen LogP contribution in [-0.2, 0) is 4.74 Å². The Morgan fingerprint density at radius 3 is 2.58 bits per heavy atom. The van der Waals surface area contributed by atoms with Gasteiger partial charge < -0.3 is 19.5 Å². The van der Waals surface area contributed by atoms with Gasteiger partial charge in [-0.15, -0.1) is 0 Å². The number of hydrogen-bond donors (Lipinski definition) is 1. The van der Waals surface area contributed by atoms with Gasteiger partial charge in [0.25, 0.3) is 0 Å². The van der Waals surface area contributed by atoms with Crippen molar-refractivity contribution in [2.75, 3.05) is 26.3 Å². The van der Waals surface area contributed by atoms with Crippen LogP contribution in [0.2, 0.25) is 0 Å². The molecule has 0 radical (unpaired) electrons. The van der Waals surface area contributed by atoms with Gasteiger partial charge in [-0.05, 0) is 17.7 Å². The molecular formula is C20H23NO3. The molecule has 2 aromatic rings. The average molecular weight is 325 g/mol. The summed E-state index contributed by atoms with van der Waals surface area (Å²) in [6.07, 6.45) is 1.47. The number of hydrogen-bond acceptors (Lipinski definition) is 4. The van der Waals surface area contributed by atoms with Crippen molar-refractivity contribution < 1.29 is 14.2 Å². The lowest BCUT2D eigenvalue weighted by atomic mass is 10.0. The molecule has 3 rings (SSSR count). The van der Waals surface area contributed by atoms with Gasteiger partial charge in [0.1, 0.15) is 12.7 Å². The van der Waals surface area contributed by atoms with Gasteiger partial charge in [0.2, 0.25) is 0 Å². The van der Waals surface area contributed by atoms with Crippen molar-refractivity contribution in [2.45, 2.75) is 12.2 Å². The van der Waals surface area contributed by atoms with E-state index >= 15 is 0 Å². The number of ether oxygens (including phenoxy) is 3. The first-order valence-corrected chi connectivity index (χ1v) is 8.25. The highest BCUT2D eigenvalue weighted by atomic mass is 16.6. The molecule has 0 amide bonds. The van der Waals surface area contributed by atoms with Crippen LogP contribution in [0, 0.1) is 0 Å². The Morgan fingerprint density at radius 1 is 1.12 bits per heavy atom. The number of rotatable bonds is 7. The molecule has 0 saturated carbocycles. The van der Waals surface area contributed by atoms with E-state index in [0.29, 0.717) is 24.7 Å². The van der Waals surface area contributed by atoms with E-state index in [2.05, 4.69) is 24.0 Å². The molecule has 1 fully saturated rings. The van der Waals surface area contributed by atoms with Gasteiger partial charge in [-0.1, -0.05) is 55.1 Å². The van der Waals surface area contributed by atoms with Gasteiger partial charge in [0.15, 0.2) is 17.6 Å². The summed E-state index contributed by atoms with van der Waals surface area (Å²) in [5.41, 5.74) is 1.09. The fourth-order valence-corrected chi connectivity index (χ4v) is 2.73. The Morgan fingerprint density at radius 2 is 1.88 bits per heavy atom. The predicted octanol–water partition coefficient (Wildman–Crippen LogP) is 3.36. The molecule has 1 aliphatic heterocycles. The highest BCUT2D eigenvalue weighted by Crippen LogP contribution is 2.33. The zero-order valence-corrected chi connectivity index (χ0v) is 13.7.